The molecule has 0 N–H and O–H groups in total. The standard InChI is InChI=1S/C14H14N2O4/c1-10(11-5-3-6-12(9-11)16(18)19)20-14(17)13-7-4-8-15(13)2/h3-10H,1-2H3/t10-/m0/s1. The van der Waals surface area contributed by atoms with Gasteiger partial charge in [0.05, 0.1) is 4.92 Å². The Balaban J connectivity index is 2.14. The number of nitro groups is 1. The first-order valence-electron chi connectivity index (χ1n) is 6.05. The van der Waals surface area contributed by atoms with Crippen molar-refractivity contribution in [2.75, 3.05) is 0 Å². The number of aromatic nitrogens is 1. The van der Waals surface area contributed by atoms with Crippen LogP contribution in [-0.2, 0) is 11.8 Å². The summed E-state index contributed by atoms with van der Waals surface area (Å²) in [5.74, 6) is -0.462. The zero-order chi connectivity index (χ0) is 14.7. The lowest BCUT2D eigenvalue weighted by molar-refractivity contribution is -0.385. The molecule has 0 saturated carbocycles. The van der Waals surface area contributed by atoms with Gasteiger partial charge < -0.3 is 9.30 Å². The van der Waals surface area contributed by atoms with Gasteiger partial charge in [0.1, 0.15) is 11.8 Å². The number of hydrogen-bond donors (Lipinski definition) is 0. The highest BCUT2D eigenvalue weighted by Gasteiger charge is 2.17. The Morgan fingerprint density at radius 2 is 2.10 bits per heavy atom. The second kappa shape index (κ2) is 5.56. The van der Waals surface area contributed by atoms with Gasteiger partial charge in [0.25, 0.3) is 5.69 Å². The maximum Gasteiger partial charge on any atom is 0.355 e. The Morgan fingerprint density at radius 3 is 2.70 bits per heavy atom. The Hall–Kier alpha value is -2.63. The summed E-state index contributed by atoms with van der Waals surface area (Å²) in [4.78, 5) is 22.2. The summed E-state index contributed by atoms with van der Waals surface area (Å²) in [5.41, 5.74) is 0.994. The SMILES string of the molecule is C[C@H](OC(=O)c1cccn1C)c1cccc([N+](=O)[O-])c1. The Morgan fingerprint density at radius 1 is 1.35 bits per heavy atom. The Bertz CT molecular complexity index is 648. The molecule has 0 aliphatic carbocycles. The maximum absolute atomic E-state index is 12.0. The molecule has 0 spiro atoms. The minimum Gasteiger partial charge on any atom is -0.453 e. The number of non-ortho nitro benzene ring substituents is 1. The van der Waals surface area contributed by atoms with Gasteiger partial charge >= 0.3 is 5.97 Å². The fourth-order valence-electron chi connectivity index (χ4n) is 1.85. The lowest BCUT2D eigenvalue weighted by Gasteiger charge is -2.13. The number of nitro benzene ring substituents is 1. The van der Waals surface area contributed by atoms with Gasteiger partial charge in [-0.3, -0.25) is 10.1 Å². The predicted octanol–water partition coefficient (Wildman–Crippen LogP) is 2.85. The fourth-order valence-corrected chi connectivity index (χ4v) is 1.85. The molecule has 0 unspecified atom stereocenters. The third-order valence-corrected chi connectivity index (χ3v) is 2.99. The highest BCUT2D eigenvalue weighted by Crippen LogP contribution is 2.22. The van der Waals surface area contributed by atoms with Gasteiger partial charge in [-0.25, -0.2) is 4.79 Å². The van der Waals surface area contributed by atoms with E-state index in [1.807, 2.05) is 0 Å². The average Bonchev–Trinajstić information content (AvgIpc) is 2.85. The molecule has 1 atom stereocenters. The van der Waals surface area contributed by atoms with E-state index >= 15 is 0 Å². The molecular weight excluding hydrogens is 260 g/mol. The molecule has 0 amide bonds. The first-order chi connectivity index (χ1) is 9.49. The molecule has 0 aliphatic heterocycles. The molecule has 0 saturated heterocycles. The normalized spacial score (nSPS) is 11.9. The van der Waals surface area contributed by atoms with Gasteiger partial charge in [0.2, 0.25) is 0 Å². The Labute approximate surface area is 115 Å². The van der Waals surface area contributed by atoms with E-state index in [-0.39, 0.29) is 5.69 Å². The zero-order valence-corrected chi connectivity index (χ0v) is 11.1. The molecule has 0 fully saturated rings. The molecule has 1 aromatic carbocycles. The second-order valence-corrected chi connectivity index (χ2v) is 4.40. The summed E-state index contributed by atoms with van der Waals surface area (Å²) >= 11 is 0. The monoisotopic (exact) mass is 274 g/mol. The van der Waals surface area contributed by atoms with Gasteiger partial charge in [0.15, 0.2) is 0 Å². The summed E-state index contributed by atoms with van der Waals surface area (Å²) < 4.78 is 6.97. The fraction of sp³-hybridized carbons (Fsp3) is 0.214. The lowest BCUT2D eigenvalue weighted by Crippen LogP contribution is -2.12. The van der Waals surface area contributed by atoms with E-state index in [4.69, 9.17) is 4.74 Å². The number of aryl methyl sites for hydroxylation is 1. The summed E-state index contributed by atoms with van der Waals surface area (Å²) in [6.07, 6.45) is 1.19. The molecule has 1 aromatic heterocycles. The van der Waals surface area contributed by atoms with Crippen molar-refractivity contribution < 1.29 is 14.5 Å². The Kier molecular flexibility index (Phi) is 3.84. The highest BCUT2D eigenvalue weighted by molar-refractivity contribution is 5.87. The first-order valence-corrected chi connectivity index (χ1v) is 6.05. The molecule has 0 bridgehead atoms. The van der Waals surface area contributed by atoms with Crippen LogP contribution in [0, 0.1) is 10.1 Å². The third kappa shape index (κ3) is 2.85. The lowest BCUT2D eigenvalue weighted by atomic mass is 10.1. The number of carbonyl (C=O) groups excluding carboxylic acids is 1. The van der Waals surface area contributed by atoms with Crippen LogP contribution in [0.4, 0.5) is 5.69 Å². The van der Waals surface area contributed by atoms with Crippen LogP contribution in [0.1, 0.15) is 29.1 Å². The average molecular weight is 274 g/mol. The van der Waals surface area contributed by atoms with E-state index in [0.717, 1.165) is 0 Å². The predicted molar refractivity (Wildman–Crippen MR) is 72.3 cm³/mol. The first kappa shape index (κ1) is 13.8. The molecule has 2 aromatic rings. The van der Waals surface area contributed by atoms with Crippen LogP contribution >= 0.6 is 0 Å². The van der Waals surface area contributed by atoms with Gasteiger partial charge in [0, 0.05) is 25.4 Å². The van der Waals surface area contributed by atoms with Crippen molar-refractivity contribution in [3.05, 3.63) is 64.0 Å². The molecule has 1 heterocycles. The molecule has 2 rings (SSSR count). The van der Waals surface area contributed by atoms with E-state index in [1.54, 1.807) is 49.0 Å². The molecule has 6 heteroatoms. The zero-order valence-electron chi connectivity index (χ0n) is 11.1. The van der Waals surface area contributed by atoms with Crippen molar-refractivity contribution in [2.45, 2.75) is 13.0 Å². The molecule has 6 nitrogen and oxygen atoms in total. The maximum atomic E-state index is 12.0. The van der Waals surface area contributed by atoms with Crippen LogP contribution in [0.15, 0.2) is 42.6 Å². The largest absolute Gasteiger partial charge is 0.453 e. The van der Waals surface area contributed by atoms with Crippen LogP contribution in [-0.4, -0.2) is 15.5 Å². The quantitative estimate of drug-likeness (QED) is 0.488. The number of benzene rings is 1. The van der Waals surface area contributed by atoms with Crippen molar-refractivity contribution in [1.29, 1.82) is 0 Å². The van der Waals surface area contributed by atoms with Crippen molar-refractivity contribution in [3.8, 4) is 0 Å². The number of esters is 1. The molecular formula is C14H14N2O4. The molecule has 0 radical (unpaired) electrons. The van der Waals surface area contributed by atoms with Crippen LogP contribution < -0.4 is 0 Å². The topological polar surface area (TPSA) is 74.4 Å². The minimum atomic E-state index is -0.558. The highest BCUT2D eigenvalue weighted by atomic mass is 16.6. The minimum absolute atomic E-state index is 0.0238. The van der Waals surface area contributed by atoms with E-state index in [1.165, 1.54) is 12.1 Å². The smallest absolute Gasteiger partial charge is 0.355 e. The van der Waals surface area contributed by atoms with Gasteiger partial charge in [-0.2, -0.15) is 0 Å². The van der Waals surface area contributed by atoms with Gasteiger partial charge in [-0.1, -0.05) is 12.1 Å². The van der Waals surface area contributed by atoms with Crippen molar-refractivity contribution in [1.82, 2.24) is 4.57 Å². The van der Waals surface area contributed by atoms with Crippen molar-refractivity contribution >= 4 is 11.7 Å². The van der Waals surface area contributed by atoms with E-state index in [0.29, 0.717) is 11.3 Å². The van der Waals surface area contributed by atoms with Gasteiger partial charge in [-0.15, -0.1) is 0 Å². The molecule has 20 heavy (non-hydrogen) atoms. The van der Waals surface area contributed by atoms with E-state index < -0.39 is 17.0 Å². The van der Waals surface area contributed by atoms with Crippen LogP contribution in [0.3, 0.4) is 0 Å². The number of carbonyl (C=O) groups is 1. The van der Waals surface area contributed by atoms with E-state index in [9.17, 15) is 14.9 Å². The molecule has 0 aliphatic rings. The summed E-state index contributed by atoms with van der Waals surface area (Å²) in [5, 5.41) is 10.7. The van der Waals surface area contributed by atoms with Crippen molar-refractivity contribution in [2.24, 2.45) is 7.05 Å². The van der Waals surface area contributed by atoms with Crippen LogP contribution in [0.2, 0.25) is 0 Å². The number of hydrogen-bond acceptors (Lipinski definition) is 4. The summed E-state index contributed by atoms with van der Waals surface area (Å²) in [7, 11) is 1.74. The third-order valence-electron chi connectivity index (χ3n) is 2.99. The van der Waals surface area contributed by atoms with E-state index in [2.05, 4.69) is 0 Å². The molecule has 104 valence electrons. The van der Waals surface area contributed by atoms with Crippen molar-refractivity contribution in [3.63, 3.8) is 0 Å². The second-order valence-electron chi connectivity index (χ2n) is 4.40. The number of nitrogens with zero attached hydrogens (tertiary/aromatic N) is 2. The van der Waals surface area contributed by atoms with Crippen LogP contribution in [0.5, 0.6) is 0 Å². The number of ether oxygens (including phenoxy) is 1. The van der Waals surface area contributed by atoms with Gasteiger partial charge in [-0.05, 0) is 24.6 Å². The summed E-state index contributed by atoms with van der Waals surface area (Å²) in [6, 6.07) is 9.46. The summed E-state index contributed by atoms with van der Waals surface area (Å²) in [6.45, 7) is 1.68. The number of rotatable bonds is 4. The van der Waals surface area contributed by atoms with Crippen LogP contribution in [0.25, 0.3) is 0 Å².